The van der Waals surface area contributed by atoms with Crippen LogP contribution in [0.5, 0.6) is 5.75 Å². The first-order valence-corrected chi connectivity index (χ1v) is 10.5. The van der Waals surface area contributed by atoms with Crippen LogP contribution in [-0.2, 0) is 14.8 Å². The smallest absolute Gasteiger partial charge is 0.262 e. The summed E-state index contributed by atoms with van der Waals surface area (Å²) in [4.78, 5) is 12.1. The molecule has 0 radical (unpaired) electrons. The number of carbonyl (C=O) groups excluding carboxylic acids is 1. The zero-order chi connectivity index (χ0) is 20.0. The van der Waals surface area contributed by atoms with Gasteiger partial charge in [-0.1, -0.05) is 49.2 Å². The van der Waals surface area contributed by atoms with E-state index in [1.165, 1.54) is 22.5 Å². The number of ether oxygens (including phenoxy) is 1. The fourth-order valence-electron chi connectivity index (χ4n) is 2.38. The summed E-state index contributed by atoms with van der Waals surface area (Å²) in [5.74, 6) is -0.0707. The molecule has 9 heteroatoms. The Morgan fingerprint density at radius 3 is 2.37 bits per heavy atom. The van der Waals surface area contributed by atoms with E-state index in [9.17, 15) is 13.2 Å². The second-order valence-electron chi connectivity index (χ2n) is 5.50. The van der Waals surface area contributed by atoms with Gasteiger partial charge in [-0.2, -0.15) is 4.31 Å². The molecule has 0 atom stereocenters. The lowest BCUT2D eigenvalue weighted by molar-refractivity contribution is -0.118. The highest BCUT2D eigenvalue weighted by atomic mass is 35.5. The van der Waals surface area contributed by atoms with Crippen molar-refractivity contribution in [2.45, 2.75) is 18.7 Å². The lowest BCUT2D eigenvalue weighted by Crippen LogP contribution is -2.31. The fraction of sp³-hybridized carbons (Fsp3) is 0.278. The summed E-state index contributed by atoms with van der Waals surface area (Å²) in [5.41, 5.74) is 0.304. The lowest BCUT2D eigenvalue weighted by atomic mass is 10.3. The predicted octanol–water partition coefficient (Wildman–Crippen LogP) is 4.04. The molecule has 0 aliphatic rings. The Morgan fingerprint density at radius 2 is 1.74 bits per heavy atom. The second-order valence-corrected chi connectivity index (χ2v) is 8.22. The Balaban J connectivity index is 2.13. The quantitative estimate of drug-likeness (QED) is 0.685. The molecule has 0 aromatic heterocycles. The molecule has 2 rings (SSSR count). The third-order valence-corrected chi connectivity index (χ3v) is 6.58. The zero-order valence-corrected chi connectivity index (χ0v) is 17.2. The topological polar surface area (TPSA) is 75.7 Å². The number of hydrogen-bond acceptors (Lipinski definition) is 4. The molecule has 146 valence electrons. The van der Waals surface area contributed by atoms with Crippen molar-refractivity contribution < 1.29 is 17.9 Å². The van der Waals surface area contributed by atoms with Gasteiger partial charge in [0.1, 0.15) is 10.6 Å². The number of nitrogens with zero attached hydrogens (tertiary/aromatic N) is 1. The van der Waals surface area contributed by atoms with Gasteiger partial charge in [0.05, 0.1) is 10.0 Å². The molecule has 2 aromatic rings. The number of carbonyl (C=O) groups is 1. The van der Waals surface area contributed by atoms with Crippen molar-refractivity contribution in [3.8, 4) is 5.75 Å². The molecule has 0 aliphatic heterocycles. The summed E-state index contributed by atoms with van der Waals surface area (Å²) >= 11 is 12.0. The van der Waals surface area contributed by atoms with Gasteiger partial charge in [-0.3, -0.25) is 4.79 Å². The molecule has 6 nitrogen and oxygen atoms in total. The Hall–Kier alpha value is -1.80. The van der Waals surface area contributed by atoms with Gasteiger partial charge in [0.2, 0.25) is 10.0 Å². The Labute approximate surface area is 169 Å². The minimum absolute atomic E-state index is 0.0577. The molecule has 0 bridgehead atoms. The SMILES string of the molecule is CCN(CC)S(=O)(=O)c1cc(NC(=O)COc2ccccc2Cl)ccc1Cl. The van der Waals surface area contributed by atoms with Crippen molar-refractivity contribution in [2.75, 3.05) is 25.0 Å². The van der Waals surface area contributed by atoms with Gasteiger partial charge in [-0.25, -0.2) is 8.42 Å². The number of sulfonamides is 1. The first-order chi connectivity index (χ1) is 12.8. The van der Waals surface area contributed by atoms with Crippen LogP contribution in [0.3, 0.4) is 0 Å². The molecule has 0 saturated carbocycles. The summed E-state index contributed by atoms with van der Waals surface area (Å²) in [6.45, 7) is 3.85. The number of nitrogens with one attached hydrogen (secondary N) is 1. The van der Waals surface area contributed by atoms with Gasteiger partial charge < -0.3 is 10.1 Å². The summed E-state index contributed by atoms with van der Waals surface area (Å²) in [5, 5.41) is 3.08. The number of anilines is 1. The minimum Gasteiger partial charge on any atom is -0.482 e. The van der Waals surface area contributed by atoms with Crippen LogP contribution in [0.25, 0.3) is 0 Å². The number of hydrogen-bond donors (Lipinski definition) is 1. The summed E-state index contributed by atoms with van der Waals surface area (Å²) in [6.07, 6.45) is 0. The molecule has 0 unspecified atom stereocenters. The first kappa shape index (κ1) is 21.5. The van der Waals surface area contributed by atoms with Crippen LogP contribution in [0.4, 0.5) is 5.69 Å². The number of amides is 1. The van der Waals surface area contributed by atoms with Crippen LogP contribution in [0.1, 0.15) is 13.8 Å². The number of rotatable bonds is 8. The van der Waals surface area contributed by atoms with Crippen molar-refractivity contribution in [3.63, 3.8) is 0 Å². The van der Waals surface area contributed by atoms with Crippen LogP contribution < -0.4 is 10.1 Å². The van der Waals surface area contributed by atoms with E-state index in [0.717, 1.165) is 0 Å². The van der Waals surface area contributed by atoms with E-state index < -0.39 is 15.9 Å². The molecule has 0 aliphatic carbocycles. The molecular weight excluding hydrogens is 411 g/mol. The average Bonchev–Trinajstić information content (AvgIpc) is 2.63. The van der Waals surface area contributed by atoms with Gasteiger partial charge in [0.25, 0.3) is 5.91 Å². The van der Waals surface area contributed by atoms with Crippen LogP contribution >= 0.6 is 23.2 Å². The van der Waals surface area contributed by atoms with E-state index in [-0.39, 0.29) is 16.5 Å². The molecule has 0 fully saturated rings. The normalized spacial score (nSPS) is 11.4. The van der Waals surface area contributed by atoms with Crippen molar-refractivity contribution in [1.82, 2.24) is 4.31 Å². The van der Waals surface area contributed by atoms with Gasteiger partial charge in [-0.05, 0) is 30.3 Å². The highest BCUT2D eigenvalue weighted by Crippen LogP contribution is 2.28. The fourth-order valence-corrected chi connectivity index (χ4v) is 4.53. The van der Waals surface area contributed by atoms with Crippen LogP contribution in [0, 0.1) is 0 Å². The summed E-state index contributed by atoms with van der Waals surface area (Å²) in [7, 11) is -3.75. The van der Waals surface area contributed by atoms with Crippen LogP contribution in [0.2, 0.25) is 10.0 Å². The molecule has 2 aromatic carbocycles. The van der Waals surface area contributed by atoms with Gasteiger partial charge in [0.15, 0.2) is 6.61 Å². The Bertz CT molecular complexity index is 915. The van der Waals surface area contributed by atoms with Gasteiger partial charge >= 0.3 is 0 Å². The van der Waals surface area contributed by atoms with Crippen molar-refractivity contribution in [3.05, 3.63) is 52.5 Å². The maximum absolute atomic E-state index is 12.7. The second kappa shape index (κ2) is 9.41. The van der Waals surface area contributed by atoms with Crippen LogP contribution in [0.15, 0.2) is 47.4 Å². The molecule has 27 heavy (non-hydrogen) atoms. The highest BCUT2D eigenvalue weighted by molar-refractivity contribution is 7.89. The zero-order valence-electron chi connectivity index (χ0n) is 14.9. The van der Waals surface area contributed by atoms with E-state index in [0.29, 0.717) is 29.5 Å². The highest BCUT2D eigenvalue weighted by Gasteiger charge is 2.25. The number of para-hydroxylation sites is 1. The first-order valence-electron chi connectivity index (χ1n) is 8.26. The molecule has 1 amide bonds. The van der Waals surface area contributed by atoms with E-state index >= 15 is 0 Å². The number of halogens is 2. The van der Waals surface area contributed by atoms with Crippen molar-refractivity contribution in [1.29, 1.82) is 0 Å². The van der Waals surface area contributed by atoms with Crippen LogP contribution in [-0.4, -0.2) is 38.3 Å². The molecule has 0 spiro atoms. The van der Waals surface area contributed by atoms with E-state index in [2.05, 4.69) is 5.32 Å². The van der Waals surface area contributed by atoms with E-state index in [1.807, 2.05) is 0 Å². The average molecular weight is 431 g/mol. The number of benzene rings is 2. The standard InChI is InChI=1S/C18H20Cl2N2O4S/c1-3-22(4-2)27(24,25)17-11-13(9-10-15(17)20)21-18(23)12-26-16-8-6-5-7-14(16)19/h5-11H,3-4,12H2,1-2H3,(H,21,23). The van der Waals surface area contributed by atoms with Gasteiger partial charge in [0, 0.05) is 18.8 Å². The third kappa shape index (κ3) is 5.35. The molecular formula is C18H20Cl2N2O4S. The summed E-state index contributed by atoms with van der Waals surface area (Å²) in [6, 6.07) is 11.1. The Morgan fingerprint density at radius 1 is 1.07 bits per heavy atom. The lowest BCUT2D eigenvalue weighted by Gasteiger charge is -2.19. The third-order valence-electron chi connectivity index (χ3n) is 3.73. The van der Waals surface area contributed by atoms with Crippen molar-refractivity contribution >= 4 is 44.8 Å². The monoisotopic (exact) mass is 430 g/mol. The minimum atomic E-state index is -3.75. The predicted molar refractivity (Wildman–Crippen MR) is 107 cm³/mol. The van der Waals surface area contributed by atoms with E-state index in [4.69, 9.17) is 27.9 Å². The largest absolute Gasteiger partial charge is 0.482 e. The summed E-state index contributed by atoms with van der Waals surface area (Å²) < 4.78 is 32.0. The maximum atomic E-state index is 12.7. The van der Waals surface area contributed by atoms with Gasteiger partial charge in [-0.15, -0.1) is 0 Å². The van der Waals surface area contributed by atoms with E-state index in [1.54, 1.807) is 38.1 Å². The maximum Gasteiger partial charge on any atom is 0.262 e. The molecule has 1 N–H and O–H groups in total. The molecule has 0 saturated heterocycles. The molecule has 0 heterocycles. The Kier molecular flexibility index (Phi) is 7.49. The van der Waals surface area contributed by atoms with Crippen molar-refractivity contribution in [2.24, 2.45) is 0 Å².